The molecule has 1 aromatic heterocycles. The fraction of sp³-hybridized carbons (Fsp3) is 0.700. The third-order valence-electron chi connectivity index (χ3n) is 2.05. The van der Waals surface area contributed by atoms with Crippen LogP contribution in [-0.4, -0.2) is 24.0 Å². The molecule has 0 spiro atoms. The monoisotopic (exact) mass is 197 g/mol. The third-order valence-corrected chi connectivity index (χ3v) is 2.05. The Hall–Kier alpha value is -0.870. The van der Waals surface area contributed by atoms with Gasteiger partial charge in [-0.05, 0) is 20.0 Å². The smallest absolute Gasteiger partial charge is 0.211 e. The minimum absolute atomic E-state index is 0.106. The van der Waals surface area contributed by atoms with Crippen molar-refractivity contribution in [3.63, 3.8) is 0 Å². The van der Waals surface area contributed by atoms with Crippen LogP contribution in [0.1, 0.15) is 31.5 Å². The summed E-state index contributed by atoms with van der Waals surface area (Å²) in [6, 6.07) is -0.106. The summed E-state index contributed by atoms with van der Waals surface area (Å²) < 4.78 is 5.54. The van der Waals surface area contributed by atoms with Gasteiger partial charge in [0.25, 0.3) is 0 Å². The van der Waals surface area contributed by atoms with E-state index >= 15 is 0 Å². The van der Waals surface area contributed by atoms with E-state index in [1.807, 2.05) is 19.0 Å². The lowest BCUT2D eigenvalue weighted by atomic mass is 10.1. The number of hydrogen-bond acceptors (Lipinski definition) is 4. The zero-order valence-electron chi connectivity index (χ0n) is 9.32. The first-order valence-corrected chi connectivity index (χ1v) is 4.85. The Morgan fingerprint density at radius 3 is 2.64 bits per heavy atom. The predicted molar refractivity (Wildman–Crippen MR) is 55.7 cm³/mol. The molecule has 0 aromatic carbocycles. The Morgan fingerprint density at radius 2 is 2.14 bits per heavy atom. The molecule has 1 heterocycles. The maximum absolute atomic E-state index is 5.91. The molecule has 1 unspecified atom stereocenters. The fourth-order valence-corrected chi connectivity index (χ4v) is 1.15. The average Bonchev–Trinajstić information content (AvgIpc) is 2.50. The molecule has 0 aliphatic rings. The molecule has 1 rings (SSSR count). The Bertz CT molecular complexity index is 281. The normalized spacial score (nSPS) is 13.9. The number of rotatable bonds is 4. The van der Waals surface area contributed by atoms with Crippen LogP contribution < -0.4 is 5.73 Å². The highest BCUT2D eigenvalue weighted by atomic mass is 16.4. The van der Waals surface area contributed by atoms with Gasteiger partial charge in [-0.25, -0.2) is 4.98 Å². The summed E-state index contributed by atoms with van der Waals surface area (Å²) in [4.78, 5) is 6.21. The maximum atomic E-state index is 5.91. The minimum Gasteiger partial charge on any atom is -0.443 e. The first-order chi connectivity index (χ1) is 6.50. The molecule has 0 fully saturated rings. The fourth-order valence-electron chi connectivity index (χ4n) is 1.15. The van der Waals surface area contributed by atoms with Crippen molar-refractivity contribution in [2.45, 2.75) is 26.4 Å². The van der Waals surface area contributed by atoms with Gasteiger partial charge < -0.3 is 15.1 Å². The van der Waals surface area contributed by atoms with Crippen molar-refractivity contribution < 1.29 is 4.42 Å². The summed E-state index contributed by atoms with van der Waals surface area (Å²) in [6.45, 7) is 4.87. The van der Waals surface area contributed by atoms with Crippen molar-refractivity contribution in [2.75, 3.05) is 14.1 Å². The highest BCUT2D eigenvalue weighted by Gasteiger charge is 2.16. The quantitative estimate of drug-likeness (QED) is 0.792. The van der Waals surface area contributed by atoms with E-state index in [4.69, 9.17) is 10.2 Å². The van der Waals surface area contributed by atoms with E-state index in [9.17, 15) is 0 Å². The molecule has 4 heteroatoms. The van der Waals surface area contributed by atoms with Crippen LogP contribution in [0.25, 0.3) is 0 Å². The van der Waals surface area contributed by atoms with Gasteiger partial charge in [-0.15, -0.1) is 0 Å². The summed E-state index contributed by atoms with van der Waals surface area (Å²) in [5.41, 5.74) is 5.91. The predicted octanol–water partition coefficient (Wildman–Crippen LogP) is 1.39. The summed E-state index contributed by atoms with van der Waals surface area (Å²) in [6.07, 6.45) is 1.75. The van der Waals surface area contributed by atoms with Gasteiger partial charge in [-0.2, -0.15) is 0 Å². The van der Waals surface area contributed by atoms with Gasteiger partial charge in [0.15, 0.2) is 0 Å². The molecule has 0 saturated carbocycles. The van der Waals surface area contributed by atoms with Crippen molar-refractivity contribution >= 4 is 0 Å². The minimum atomic E-state index is -0.106. The van der Waals surface area contributed by atoms with Gasteiger partial charge in [0.05, 0.1) is 18.8 Å². The second-order valence-electron chi connectivity index (χ2n) is 4.17. The molecule has 0 aliphatic carbocycles. The summed E-state index contributed by atoms with van der Waals surface area (Å²) in [7, 11) is 3.98. The van der Waals surface area contributed by atoms with Gasteiger partial charge in [0, 0.05) is 0 Å². The van der Waals surface area contributed by atoms with E-state index in [0.29, 0.717) is 11.8 Å². The lowest BCUT2D eigenvalue weighted by Gasteiger charge is -2.11. The number of nitrogens with zero attached hydrogens (tertiary/aromatic N) is 2. The molecule has 80 valence electrons. The van der Waals surface area contributed by atoms with E-state index in [0.717, 1.165) is 12.3 Å². The van der Waals surface area contributed by atoms with E-state index in [1.165, 1.54) is 0 Å². The van der Waals surface area contributed by atoms with Crippen LogP contribution in [0, 0.1) is 5.92 Å². The van der Waals surface area contributed by atoms with Crippen molar-refractivity contribution in [1.82, 2.24) is 9.88 Å². The lowest BCUT2D eigenvalue weighted by molar-refractivity contribution is 0.319. The van der Waals surface area contributed by atoms with Gasteiger partial charge >= 0.3 is 0 Å². The number of aromatic nitrogens is 1. The molecule has 0 amide bonds. The molecule has 0 saturated heterocycles. The summed E-state index contributed by atoms with van der Waals surface area (Å²) >= 11 is 0. The van der Waals surface area contributed by atoms with Crippen molar-refractivity contribution in [2.24, 2.45) is 11.7 Å². The molecule has 14 heavy (non-hydrogen) atoms. The molecule has 2 N–H and O–H groups in total. The number of hydrogen-bond donors (Lipinski definition) is 1. The highest BCUT2D eigenvalue weighted by molar-refractivity contribution is 4.98. The van der Waals surface area contributed by atoms with Gasteiger partial charge in [0.1, 0.15) is 5.76 Å². The number of nitrogens with two attached hydrogens (primary N) is 1. The van der Waals surface area contributed by atoms with Crippen LogP contribution in [0.4, 0.5) is 0 Å². The molecule has 0 radical (unpaired) electrons. The number of oxazole rings is 1. The Balaban J connectivity index is 2.67. The Labute approximate surface area is 85.1 Å². The maximum Gasteiger partial charge on any atom is 0.211 e. The second-order valence-corrected chi connectivity index (χ2v) is 4.17. The molecule has 0 aliphatic heterocycles. The molecular weight excluding hydrogens is 178 g/mol. The van der Waals surface area contributed by atoms with Crippen LogP contribution in [0.15, 0.2) is 10.6 Å². The summed E-state index contributed by atoms with van der Waals surface area (Å²) in [5, 5.41) is 0. The van der Waals surface area contributed by atoms with Crippen LogP contribution in [-0.2, 0) is 6.54 Å². The first-order valence-electron chi connectivity index (χ1n) is 4.85. The SMILES string of the molecule is CC(C)C(N)c1ncc(CN(C)C)o1. The standard InChI is InChI=1S/C10H19N3O/c1-7(2)9(11)10-12-5-8(14-10)6-13(3)4/h5,7,9H,6,11H2,1-4H3. The van der Waals surface area contributed by atoms with Gasteiger partial charge in [-0.3, -0.25) is 0 Å². The van der Waals surface area contributed by atoms with E-state index in [-0.39, 0.29) is 6.04 Å². The first kappa shape index (κ1) is 11.2. The van der Waals surface area contributed by atoms with Crippen molar-refractivity contribution in [1.29, 1.82) is 0 Å². The lowest BCUT2D eigenvalue weighted by Crippen LogP contribution is -2.16. The van der Waals surface area contributed by atoms with Crippen LogP contribution in [0.2, 0.25) is 0 Å². The average molecular weight is 197 g/mol. The molecule has 4 nitrogen and oxygen atoms in total. The van der Waals surface area contributed by atoms with Gasteiger partial charge in [0.2, 0.25) is 5.89 Å². The third kappa shape index (κ3) is 2.82. The molecular formula is C10H19N3O. The molecule has 1 atom stereocenters. The Morgan fingerprint density at radius 1 is 1.50 bits per heavy atom. The van der Waals surface area contributed by atoms with E-state index < -0.39 is 0 Å². The van der Waals surface area contributed by atoms with E-state index in [2.05, 4.69) is 18.8 Å². The van der Waals surface area contributed by atoms with Crippen LogP contribution >= 0.6 is 0 Å². The van der Waals surface area contributed by atoms with Gasteiger partial charge in [-0.1, -0.05) is 13.8 Å². The van der Waals surface area contributed by atoms with Crippen LogP contribution in [0.3, 0.4) is 0 Å². The van der Waals surface area contributed by atoms with E-state index in [1.54, 1.807) is 6.20 Å². The largest absolute Gasteiger partial charge is 0.443 e. The van der Waals surface area contributed by atoms with Crippen molar-refractivity contribution in [3.8, 4) is 0 Å². The van der Waals surface area contributed by atoms with Crippen LogP contribution in [0.5, 0.6) is 0 Å². The zero-order chi connectivity index (χ0) is 10.7. The van der Waals surface area contributed by atoms with Crippen molar-refractivity contribution in [3.05, 3.63) is 17.8 Å². The summed E-state index contributed by atoms with van der Waals surface area (Å²) in [5.74, 6) is 1.85. The Kier molecular flexibility index (Phi) is 3.66. The molecule has 1 aromatic rings. The second kappa shape index (κ2) is 4.57. The molecule has 0 bridgehead atoms. The zero-order valence-corrected chi connectivity index (χ0v) is 9.32. The highest BCUT2D eigenvalue weighted by Crippen LogP contribution is 2.18. The topological polar surface area (TPSA) is 55.3 Å².